The van der Waals surface area contributed by atoms with Crippen LogP contribution in [0.2, 0.25) is 5.02 Å². The molecule has 0 aliphatic carbocycles. The van der Waals surface area contributed by atoms with Crippen LogP contribution in [0.3, 0.4) is 0 Å². The fraction of sp³-hybridized carbons (Fsp3) is 0.533. The summed E-state index contributed by atoms with van der Waals surface area (Å²) < 4.78 is 0. The molecule has 0 aromatic heterocycles. The van der Waals surface area contributed by atoms with E-state index in [2.05, 4.69) is 4.90 Å². The number of piperidine rings is 1. The lowest BCUT2D eigenvalue weighted by Crippen LogP contribution is -2.35. The molecule has 2 rings (SSSR count). The highest BCUT2D eigenvalue weighted by Crippen LogP contribution is 2.32. The zero-order valence-corrected chi connectivity index (χ0v) is 12.6. The fourth-order valence-electron chi connectivity index (χ4n) is 2.73. The average Bonchev–Trinajstić information content (AvgIpc) is 2.39. The van der Waals surface area contributed by atoms with E-state index in [4.69, 9.17) is 23.1 Å². The van der Waals surface area contributed by atoms with Gasteiger partial charge < -0.3 is 16.4 Å². The molecule has 5 heteroatoms. The van der Waals surface area contributed by atoms with Crippen LogP contribution in [0.5, 0.6) is 0 Å². The maximum atomic E-state index is 11.0. The molecule has 1 atom stereocenters. The summed E-state index contributed by atoms with van der Waals surface area (Å²) in [5.74, 6) is 0.202. The summed E-state index contributed by atoms with van der Waals surface area (Å²) in [5.41, 5.74) is 13.2. The molecule has 1 amide bonds. The normalized spacial score (nSPS) is 18.1. The molecular formula is C15H22ClN3O. The molecule has 4 nitrogen and oxygen atoms in total. The van der Waals surface area contributed by atoms with Crippen LogP contribution in [0.25, 0.3) is 0 Å². The van der Waals surface area contributed by atoms with Crippen LogP contribution in [-0.4, -0.2) is 19.0 Å². The number of nitrogens with two attached hydrogens (primary N) is 2. The number of hydrogen-bond donors (Lipinski definition) is 2. The second kappa shape index (κ2) is 6.46. The van der Waals surface area contributed by atoms with Gasteiger partial charge in [0.2, 0.25) is 5.91 Å². The summed E-state index contributed by atoms with van der Waals surface area (Å²) in [7, 11) is 0. The molecule has 1 aromatic rings. The van der Waals surface area contributed by atoms with E-state index in [1.165, 1.54) is 0 Å². The lowest BCUT2D eigenvalue weighted by molar-refractivity contribution is -0.119. The van der Waals surface area contributed by atoms with Gasteiger partial charge in [0.1, 0.15) is 0 Å². The van der Waals surface area contributed by atoms with Crippen LogP contribution in [0.4, 0.5) is 5.69 Å². The van der Waals surface area contributed by atoms with E-state index in [1.807, 2.05) is 25.1 Å². The molecule has 110 valence electrons. The molecule has 1 heterocycles. The number of carbonyl (C=O) groups is 1. The van der Waals surface area contributed by atoms with E-state index in [9.17, 15) is 4.79 Å². The number of primary amides is 1. The van der Waals surface area contributed by atoms with Gasteiger partial charge in [0.15, 0.2) is 0 Å². The third kappa shape index (κ3) is 3.64. The first kappa shape index (κ1) is 15.1. The second-order valence-electron chi connectivity index (χ2n) is 5.60. The van der Waals surface area contributed by atoms with Gasteiger partial charge >= 0.3 is 0 Å². The van der Waals surface area contributed by atoms with Gasteiger partial charge in [-0.25, -0.2) is 0 Å². The molecule has 0 bridgehead atoms. The van der Waals surface area contributed by atoms with Gasteiger partial charge in [0, 0.05) is 25.6 Å². The van der Waals surface area contributed by atoms with Crippen molar-refractivity contribution in [3.8, 4) is 0 Å². The van der Waals surface area contributed by atoms with Crippen LogP contribution < -0.4 is 16.4 Å². The number of rotatable bonds is 4. The minimum Gasteiger partial charge on any atom is -0.370 e. The highest BCUT2D eigenvalue weighted by molar-refractivity contribution is 6.33. The van der Waals surface area contributed by atoms with Crippen LogP contribution >= 0.6 is 11.6 Å². The lowest BCUT2D eigenvalue weighted by Gasteiger charge is -2.34. The summed E-state index contributed by atoms with van der Waals surface area (Å²) in [5, 5.41) is 0.744. The standard InChI is InChI=1S/C15H22ClN3O/c1-10(17)12-2-3-14(13(16)9-12)19-6-4-11(5-7-19)8-15(18)20/h2-3,9-11H,4-8,17H2,1H3,(H2,18,20)/t10-/m1/s1. The Balaban J connectivity index is 2.02. The van der Waals surface area contributed by atoms with Crippen molar-refractivity contribution in [2.45, 2.75) is 32.2 Å². The molecule has 1 aromatic carbocycles. The number of nitrogens with zero attached hydrogens (tertiary/aromatic N) is 1. The van der Waals surface area contributed by atoms with E-state index in [0.717, 1.165) is 42.2 Å². The quantitative estimate of drug-likeness (QED) is 0.896. The van der Waals surface area contributed by atoms with Crippen molar-refractivity contribution >= 4 is 23.2 Å². The molecule has 1 saturated heterocycles. The van der Waals surface area contributed by atoms with E-state index >= 15 is 0 Å². The van der Waals surface area contributed by atoms with Gasteiger partial charge in [0.25, 0.3) is 0 Å². The first-order valence-electron chi connectivity index (χ1n) is 7.05. The summed E-state index contributed by atoms with van der Waals surface area (Å²) in [6.07, 6.45) is 2.45. The number of hydrogen-bond acceptors (Lipinski definition) is 3. The monoisotopic (exact) mass is 295 g/mol. The van der Waals surface area contributed by atoms with Gasteiger partial charge in [0.05, 0.1) is 10.7 Å². The van der Waals surface area contributed by atoms with Gasteiger partial charge in [-0.1, -0.05) is 17.7 Å². The maximum absolute atomic E-state index is 11.0. The molecular weight excluding hydrogens is 274 g/mol. The molecule has 0 unspecified atom stereocenters. The Kier molecular flexibility index (Phi) is 4.89. The number of halogens is 1. The van der Waals surface area contributed by atoms with Gasteiger partial charge in [-0.05, 0) is 43.4 Å². The molecule has 1 aliphatic heterocycles. The Morgan fingerprint density at radius 3 is 2.60 bits per heavy atom. The minimum atomic E-state index is -0.206. The Morgan fingerprint density at radius 2 is 2.10 bits per heavy atom. The van der Waals surface area contributed by atoms with Gasteiger partial charge in [-0.3, -0.25) is 4.79 Å². The molecule has 1 aliphatic rings. The summed E-state index contributed by atoms with van der Waals surface area (Å²) in [6, 6.07) is 6.00. The highest BCUT2D eigenvalue weighted by atomic mass is 35.5. The topological polar surface area (TPSA) is 72.3 Å². The first-order chi connectivity index (χ1) is 9.47. The van der Waals surface area contributed by atoms with Crippen LogP contribution in [0.1, 0.15) is 37.8 Å². The van der Waals surface area contributed by atoms with E-state index in [-0.39, 0.29) is 11.9 Å². The van der Waals surface area contributed by atoms with Crippen molar-refractivity contribution < 1.29 is 4.79 Å². The van der Waals surface area contributed by atoms with Gasteiger partial charge in [-0.15, -0.1) is 0 Å². The van der Waals surface area contributed by atoms with E-state index in [0.29, 0.717) is 12.3 Å². The molecule has 20 heavy (non-hydrogen) atoms. The first-order valence-corrected chi connectivity index (χ1v) is 7.43. The molecule has 0 saturated carbocycles. The van der Waals surface area contributed by atoms with E-state index in [1.54, 1.807) is 0 Å². The Labute approximate surface area is 125 Å². The van der Waals surface area contributed by atoms with Crippen molar-refractivity contribution in [1.29, 1.82) is 0 Å². The number of amides is 1. The molecule has 0 spiro atoms. The fourth-order valence-corrected chi connectivity index (χ4v) is 3.03. The maximum Gasteiger partial charge on any atom is 0.217 e. The smallest absolute Gasteiger partial charge is 0.217 e. The zero-order chi connectivity index (χ0) is 14.7. The SMILES string of the molecule is C[C@@H](N)c1ccc(N2CCC(CC(N)=O)CC2)c(Cl)c1. The molecule has 4 N–H and O–H groups in total. The number of carbonyl (C=O) groups excluding carboxylic acids is 1. The highest BCUT2D eigenvalue weighted by Gasteiger charge is 2.22. The van der Waals surface area contributed by atoms with Crippen molar-refractivity contribution in [1.82, 2.24) is 0 Å². The molecule has 0 radical (unpaired) electrons. The Morgan fingerprint density at radius 1 is 1.45 bits per heavy atom. The number of benzene rings is 1. The van der Waals surface area contributed by atoms with Crippen molar-refractivity contribution in [3.05, 3.63) is 28.8 Å². The third-order valence-electron chi connectivity index (χ3n) is 3.94. The third-order valence-corrected chi connectivity index (χ3v) is 4.25. The predicted molar refractivity (Wildman–Crippen MR) is 82.8 cm³/mol. The minimum absolute atomic E-state index is 0.0112. The summed E-state index contributed by atoms with van der Waals surface area (Å²) in [6.45, 7) is 3.77. The van der Waals surface area contributed by atoms with Crippen molar-refractivity contribution in [3.63, 3.8) is 0 Å². The second-order valence-corrected chi connectivity index (χ2v) is 6.01. The zero-order valence-electron chi connectivity index (χ0n) is 11.8. The van der Waals surface area contributed by atoms with Gasteiger partial charge in [-0.2, -0.15) is 0 Å². The largest absolute Gasteiger partial charge is 0.370 e. The van der Waals surface area contributed by atoms with Crippen molar-refractivity contribution in [2.24, 2.45) is 17.4 Å². The molecule has 1 fully saturated rings. The van der Waals surface area contributed by atoms with Crippen LogP contribution in [0, 0.1) is 5.92 Å². The summed E-state index contributed by atoms with van der Waals surface area (Å²) >= 11 is 6.36. The average molecular weight is 296 g/mol. The summed E-state index contributed by atoms with van der Waals surface area (Å²) in [4.78, 5) is 13.2. The van der Waals surface area contributed by atoms with Crippen molar-refractivity contribution in [2.75, 3.05) is 18.0 Å². The lowest BCUT2D eigenvalue weighted by atomic mass is 9.93. The number of anilines is 1. The predicted octanol–water partition coefficient (Wildman–Crippen LogP) is 2.45. The van der Waals surface area contributed by atoms with Crippen LogP contribution in [-0.2, 0) is 4.79 Å². The Bertz CT molecular complexity index is 482. The van der Waals surface area contributed by atoms with E-state index < -0.39 is 0 Å². The van der Waals surface area contributed by atoms with Crippen LogP contribution in [0.15, 0.2) is 18.2 Å². The Hall–Kier alpha value is -1.26.